The van der Waals surface area contributed by atoms with Crippen molar-refractivity contribution in [1.82, 2.24) is 15.5 Å². The van der Waals surface area contributed by atoms with Crippen LogP contribution in [0.4, 0.5) is 0 Å². The first-order valence-corrected chi connectivity index (χ1v) is 8.77. The molecule has 130 valence electrons. The maximum Gasteiger partial charge on any atom is 0.221 e. The molecule has 2 N–H and O–H groups in total. The molecule has 1 fully saturated rings. The molecule has 1 rings (SSSR count). The van der Waals surface area contributed by atoms with E-state index >= 15 is 0 Å². The SMILES string of the molecule is CCC=CCC=CC1CC(=O)NCCCCN(C=O)CCCN1. The Labute approximate surface area is 140 Å². The van der Waals surface area contributed by atoms with Gasteiger partial charge in [-0.3, -0.25) is 9.59 Å². The van der Waals surface area contributed by atoms with Gasteiger partial charge in [0, 0.05) is 32.1 Å². The van der Waals surface area contributed by atoms with Gasteiger partial charge in [-0.1, -0.05) is 31.2 Å². The molecule has 1 atom stereocenters. The molecule has 5 heteroatoms. The lowest BCUT2D eigenvalue weighted by molar-refractivity contribution is -0.121. The van der Waals surface area contributed by atoms with Crippen molar-refractivity contribution in [3.8, 4) is 0 Å². The first-order chi connectivity index (χ1) is 11.3. The van der Waals surface area contributed by atoms with Crippen LogP contribution in [0.2, 0.25) is 0 Å². The molecule has 1 aliphatic rings. The van der Waals surface area contributed by atoms with Gasteiger partial charge in [0.25, 0.3) is 0 Å². The zero-order chi connectivity index (χ0) is 16.8. The number of nitrogens with one attached hydrogen (secondary N) is 2. The molecule has 2 amide bonds. The Hall–Kier alpha value is -1.62. The lowest BCUT2D eigenvalue weighted by atomic mass is 10.1. The number of allylic oxidation sites excluding steroid dienone is 3. The smallest absolute Gasteiger partial charge is 0.221 e. The predicted molar refractivity (Wildman–Crippen MR) is 94.1 cm³/mol. The zero-order valence-electron chi connectivity index (χ0n) is 14.3. The largest absolute Gasteiger partial charge is 0.356 e. The maximum absolute atomic E-state index is 12.0. The molecule has 5 nitrogen and oxygen atoms in total. The van der Waals surface area contributed by atoms with E-state index in [1.165, 1.54) is 0 Å². The molecular formula is C18H31N3O2. The van der Waals surface area contributed by atoms with Crippen LogP contribution in [-0.4, -0.2) is 49.4 Å². The van der Waals surface area contributed by atoms with E-state index in [1.807, 2.05) is 4.90 Å². The van der Waals surface area contributed by atoms with Crippen molar-refractivity contribution in [2.45, 2.75) is 51.5 Å². The van der Waals surface area contributed by atoms with Gasteiger partial charge < -0.3 is 15.5 Å². The number of hydrogen-bond donors (Lipinski definition) is 2. The number of amides is 2. The normalized spacial score (nSPS) is 22.4. The van der Waals surface area contributed by atoms with Crippen LogP contribution in [0.1, 0.15) is 45.4 Å². The Bertz CT molecular complexity index is 394. The number of carbonyl (C=O) groups is 2. The third-order valence-electron chi connectivity index (χ3n) is 3.82. The Kier molecular flexibility index (Phi) is 10.9. The van der Waals surface area contributed by atoms with Gasteiger partial charge in [-0.05, 0) is 38.6 Å². The van der Waals surface area contributed by atoms with Gasteiger partial charge in [0.05, 0.1) is 0 Å². The molecule has 0 aromatic carbocycles. The summed E-state index contributed by atoms with van der Waals surface area (Å²) in [5.74, 6) is 0.0859. The van der Waals surface area contributed by atoms with Crippen LogP contribution in [0.25, 0.3) is 0 Å². The van der Waals surface area contributed by atoms with Crippen molar-refractivity contribution in [3.05, 3.63) is 24.3 Å². The van der Waals surface area contributed by atoms with E-state index < -0.39 is 0 Å². The maximum atomic E-state index is 12.0. The molecule has 0 saturated carbocycles. The first kappa shape index (κ1) is 19.4. The molecule has 23 heavy (non-hydrogen) atoms. The predicted octanol–water partition coefficient (Wildman–Crippen LogP) is 2.01. The fourth-order valence-corrected chi connectivity index (χ4v) is 2.52. The van der Waals surface area contributed by atoms with E-state index in [0.29, 0.717) is 13.0 Å². The first-order valence-electron chi connectivity index (χ1n) is 8.77. The molecule has 1 aliphatic heterocycles. The quantitative estimate of drug-likeness (QED) is 0.601. The third-order valence-corrected chi connectivity index (χ3v) is 3.82. The summed E-state index contributed by atoms with van der Waals surface area (Å²) >= 11 is 0. The second kappa shape index (κ2) is 12.9. The topological polar surface area (TPSA) is 61.4 Å². The van der Waals surface area contributed by atoms with Gasteiger partial charge in [-0.2, -0.15) is 0 Å². The Morgan fingerprint density at radius 2 is 1.96 bits per heavy atom. The van der Waals surface area contributed by atoms with E-state index in [4.69, 9.17) is 0 Å². The van der Waals surface area contributed by atoms with Crippen LogP contribution < -0.4 is 10.6 Å². The summed E-state index contributed by atoms with van der Waals surface area (Å²) in [7, 11) is 0. The highest BCUT2D eigenvalue weighted by Crippen LogP contribution is 2.01. The molecule has 1 unspecified atom stereocenters. The summed E-state index contributed by atoms with van der Waals surface area (Å²) in [6, 6.07) is 0.0514. The molecule has 0 bridgehead atoms. The molecule has 1 saturated heterocycles. The number of carbonyl (C=O) groups excluding carboxylic acids is 2. The highest BCUT2D eigenvalue weighted by molar-refractivity contribution is 5.76. The van der Waals surface area contributed by atoms with E-state index in [9.17, 15) is 9.59 Å². The van der Waals surface area contributed by atoms with Crippen molar-refractivity contribution in [2.75, 3.05) is 26.2 Å². The highest BCUT2D eigenvalue weighted by Gasteiger charge is 2.11. The summed E-state index contributed by atoms with van der Waals surface area (Å²) in [6.07, 6.45) is 14.5. The van der Waals surface area contributed by atoms with E-state index in [1.54, 1.807) is 0 Å². The summed E-state index contributed by atoms with van der Waals surface area (Å²) in [5, 5.41) is 6.37. The van der Waals surface area contributed by atoms with Gasteiger partial charge in [0.15, 0.2) is 0 Å². The third kappa shape index (κ3) is 9.89. The molecule has 0 aliphatic carbocycles. The van der Waals surface area contributed by atoms with Crippen molar-refractivity contribution in [2.24, 2.45) is 0 Å². The van der Waals surface area contributed by atoms with Crippen LogP contribution in [0.15, 0.2) is 24.3 Å². The Balaban J connectivity index is 2.52. The second-order valence-electron chi connectivity index (χ2n) is 5.86. The van der Waals surface area contributed by atoms with Crippen LogP contribution in [0, 0.1) is 0 Å². The lowest BCUT2D eigenvalue weighted by Crippen LogP contribution is -2.35. The molecule has 0 aromatic heterocycles. The van der Waals surface area contributed by atoms with Crippen LogP contribution >= 0.6 is 0 Å². The van der Waals surface area contributed by atoms with Crippen molar-refractivity contribution >= 4 is 12.3 Å². The van der Waals surface area contributed by atoms with E-state index in [2.05, 4.69) is 41.9 Å². The second-order valence-corrected chi connectivity index (χ2v) is 5.86. The molecule has 0 spiro atoms. The average Bonchev–Trinajstić information content (AvgIpc) is 2.56. The van der Waals surface area contributed by atoms with Crippen LogP contribution in [-0.2, 0) is 9.59 Å². The van der Waals surface area contributed by atoms with E-state index in [0.717, 1.165) is 58.1 Å². The fraction of sp³-hybridized carbons (Fsp3) is 0.667. The van der Waals surface area contributed by atoms with E-state index in [-0.39, 0.29) is 11.9 Å². The minimum absolute atomic E-state index is 0.0514. The van der Waals surface area contributed by atoms with Crippen LogP contribution in [0.3, 0.4) is 0 Å². The molecule has 0 aromatic rings. The molecule has 0 radical (unpaired) electrons. The Morgan fingerprint density at radius 1 is 1.13 bits per heavy atom. The van der Waals surface area contributed by atoms with Gasteiger partial charge >= 0.3 is 0 Å². The summed E-state index contributed by atoms with van der Waals surface area (Å²) < 4.78 is 0. The van der Waals surface area contributed by atoms with Gasteiger partial charge in [0.2, 0.25) is 12.3 Å². The number of nitrogens with zero attached hydrogens (tertiary/aromatic N) is 1. The van der Waals surface area contributed by atoms with Crippen molar-refractivity contribution < 1.29 is 9.59 Å². The zero-order valence-corrected chi connectivity index (χ0v) is 14.3. The lowest BCUT2D eigenvalue weighted by Gasteiger charge is -2.18. The van der Waals surface area contributed by atoms with Gasteiger partial charge in [-0.25, -0.2) is 0 Å². The minimum Gasteiger partial charge on any atom is -0.356 e. The minimum atomic E-state index is 0.0514. The Morgan fingerprint density at radius 3 is 2.74 bits per heavy atom. The number of rotatable bonds is 5. The summed E-state index contributed by atoms with van der Waals surface area (Å²) in [4.78, 5) is 24.8. The number of hydrogen-bond acceptors (Lipinski definition) is 3. The average molecular weight is 321 g/mol. The summed E-state index contributed by atoms with van der Waals surface area (Å²) in [6.45, 7) is 5.14. The fourth-order valence-electron chi connectivity index (χ4n) is 2.52. The monoisotopic (exact) mass is 321 g/mol. The standard InChI is InChI=1S/C18H31N3O2/c1-2-3-4-5-6-10-17-15-18(23)20-11-7-8-13-21(16-22)14-9-12-19-17/h3-4,6,10,16-17,19H,2,5,7-9,11-15H2,1H3,(H,20,23). The van der Waals surface area contributed by atoms with Crippen molar-refractivity contribution in [3.63, 3.8) is 0 Å². The van der Waals surface area contributed by atoms with Gasteiger partial charge in [0.1, 0.15) is 0 Å². The van der Waals surface area contributed by atoms with Gasteiger partial charge in [-0.15, -0.1) is 0 Å². The molecule has 1 heterocycles. The van der Waals surface area contributed by atoms with Crippen molar-refractivity contribution in [1.29, 1.82) is 0 Å². The summed E-state index contributed by atoms with van der Waals surface area (Å²) in [5.41, 5.74) is 0. The molecular weight excluding hydrogens is 290 g/mol. The highest BCUT2D eigenvalue weighted by atomic mass is 16.1. The van der Waals surface area contributed by atoms with Crippen LogP contribution in [0.5, 0.6) is 0 Å².